The molecule has 13 heavy (non-hydrogen) atoms. The molecule has 0 radical (unpaired) electrons. The lowest BCUT2D eigenvalue weighted by molar-refractivity contribution is 0.314. The summed E-state index contributed by atoms with van der Waals surface area (Å²) < 4.78 is 0. The van der Waals surface area contributed by atoms with E-state index in [2.05, 4.69) is 26.1 Å². The minimum Gasteiger partial charge on any atom is -0.310 e. The molecule has 3 unspecified atom stereocenters. The van der Waals surface area contributed by atoms with Crippen LogP contribution in [0.25, 0.3) is 0 Å². The van der Waals surface area contributed by atoms with Gasteiger partial charge in [0.1, 0.15) is 0 Å². The first-order valence-corrected chi connectivity index (χ1v) is 5.95. The van der Waals surface area contributed by atoms with Gasteiger partial charge in [-0.05, 0) is 25.7 Å². The second-order valence-corrected chi connectivity index (χ2v) is 5.17. The molecule has 3 atom stereocenters. The first-order chi connectivity index (χ1) is 6.11. The Labute approximate surface area is 87.2 Å². The minimum absolute atomic E-state index is 0.356. The quantitative estimate of drug-likeness (QED) is 0.695. The summed E-state index contributed by atoms with van der Waals surface area (Å²) in [5.74, 6) is 0.700. The van der Waals surface area contributed by atoms with E-state index >= 15 is 0 Å². The lowest BCUT2D eigenvalue weighted by atomic mass is 9.93. The smallest absolute Gasteiger partial charge is 0.0489 e. The maximum atomic E-state index is 6.27. The summed E-state index contributed by atoms with van der Waals surface area (Å²) in [6.45, 7) is 6.76. The van der Waals surface area contributed by atoms with E-state index in [4.69, 9.17) is 11.6 Å². The topological polar surface area (TPSA) is 12.0 Å². The summed E-state index contributed by atoms with van der Waals surface area (Å²) in [6, 6.07) is 1.14. The zero-order chi connectivity index (χ0) is 9.84. The number of alkyl halides is 1. The maximum absolute atomic E-state index is 6.27. The van der Waals surface area contributed by atoms with E-state index in [0.29, 0.717) is 23.4 Å². The van der Waals surface area contributed by atoms with Crippen molar-refractivity contribution in [1.82, 2.24) is 5.32 Å². The van der Waals surface area contributed by atoms with Gasteiger partial charge in [-0.15, -0.1) is 11.6 Å². The molecule has 0 aromatic rings. The average molecular weight is 204 g/mol. The van der Waals surface area contributed by atoms with Crippen molar-refractivity contribution in [3.8, 4) is 0 Å². The zero-order valence-electron chi connectivity index (χ0n) is 9.02. The van der Waals surface area contributed by atoms with Gasteiger partial charge >= 0.3 is 0 Å². The van der Waals surface area contributed by atoms with Gasteiger partial charge in [0.2, 0.25) is 0 Å². The first kappa shape index (κ1) is 11.3. The molecule has 1 nitrogen and oxygen atoms in total. The average Bonchev–Trinajstić information content (AvgIpc) is 2.08. The molecule has 1 aliphatic rings. The fourth-order valence-electron chi connectivity index (χ4n) is 1.80. The molecule has 0 bridgehead atoms. The van der Waals surface area contributed by atoms with E-state index in [9.17, 15) is 0 Å². The van der Waals surface area contributed by atoms with Crippen molar-refractivity contribution in [2.45, 2.75) is 63.9 Å². The molecule has 1 saturated carbocycles. The molecule has 0 aromatic carbocycles. The Morgan fingerprint density at radius 1 is 1.15 bits per heavy atom. The SMILES string of the molecule is CC(C)C(C)NC1CCCCC1Cl. The molecule has 0 saturated heterocycles. The highest BCUT2D eigenvalue weighted by atomic mass is 35.5. The van der Waals surface area contributed by atoms with Gasteiger partial charge in [0.25, 0.3) is 0 Å². The normalized spacial score (nSPS) is 32.1. The van der Waals surface area contributed by atoms with Crippen LogP contribution in [-0.4, -0.2) is 17.5 Å². The van der Waals surface area contributed by atoms with E-state index in [1.165, 1.54) is 25.7 Å². The highest BCUT2D eigenvalue weighted by Gasteiger charge is 2.24. The van der Waals surface area contributed by atoms with E-state index in [-0.39, 0.29) is 0 Å². The van der Waals surface area contributed by atoms with Crippen LogP contribution in [0.2, 0.25) is 0 Å². The molecule has 0 heterocycles. The fraction of sp³-hybridized carbons (Fsp3) is 1.00. The molecule has 0 aliphatic heterocycles. The van der Waals surface area contributed by atoms with Crippen LogP contribution in [-0.2, 0) is 0 Å². The van der Waals surface area contributed by atoms with Gasteiger partial charge in [-0.25, -0.2) is 0 Å². The van der Waals surface area contributed by atoms with Gasteiger partial charge in [0, 0.05) is 17.5 Å². The summed E-state index contributed by atoms with van der Waals surface area (Å²) in [5.41, 5.74) is 0. The third-order valence-corrected chi connectivity index (χ3v) is 3.68. The van der Waals surface area contributed by atoms with Crippen LogP contribution >= 0.6 is 11.6 Å². The zero-order valence-corrected chi connectivity index (χ0v) is 9.77. The van der Waals surface area contributed by atoms with Crippen molar-refractivity contribution in [3.63, 3.8) is 0 Å². The predicted octanol–water partition coefficient (Wildman–Crippen LogP) is 3.17. The number of hydrogen-bond acceptors (Lipinski definition) is 1. The molecular formula is C11H22ClN. The molecule has 0 spiro atoms. The van der Waals surface area contributed by atoms with E-state index in [1.807, 2.05) is 0 Å². The van der Waals surface area contributed by atoms with Gasteiger partial charge in [0.05, 0.1) is 0 Å². The highest BCUT2D eigenvalue weighted by Crippen LogP contribution is 2.23. The molecule has 0 aromatic heterocycles. The van der Waals surface area contributed by atoms with Crippen LogP contribution in [0.1, 0.15) is 46.5 Å². The van der Waals surface area contributed by atoms with Crippen LogP contribution in [0.15, 0.2) is 0 Å². The van der Waals surface area contributed by atoms with Gasteiger partial charge in [-0.3, -0.25) is 0 Å². The second kappa shape index (κ2) is 5.21. The highest BCUT2D eigenvalue weighted by molar-refractivity contribution is 6.21. The monoisotopic (exact) mass is 203 g/mol. The number of rotatable bonds is 3. The molecule has 1 aliphatic carbocycles. The summed E-state index contributed by atoms with van der Waals surface area (Å²) in [4.78, 5) is 0. The Balaban J connectivity index is 2.33. The van der Waals surface area contributed by atoms with Gasteiger partial charge < -0.3 is 5.32 Å². The van der Waals surface area contributed by atoms with E-state index < -0.39 is 0 Å². The van der Waals surface area contributed by atoms with Gasteiger partial charge in [0.15, 0.2) is 0 Å². The molecule has 1 rings (SSSR count). The summed E-state index contributed by atoms with van der Waals surface area (Å²) >= 11 is 6.27. The van der Waals surface area contributed by atoms with Crippen molar-refractivity contribution in [3.05, 3.63) is 0 Å². The minimum atomic E-state index is 0.356. The number of halogens is 1. The second-order valence-electron chi connectivity index (χ2n) is 4.61. The van der Waals surface area contributed by atoms with Crippen molar-refractivity contribution in [2.75, 3.05) is 0 Å². The van der Waals surface area contributed by atoms with Crippen molar-refractivity contribution < 1.29 is 0 Å². The van der Waals surface area contributed by atoms with E-state index in [0.717, 1.165) is 0 Å². The molecule has 2 heteroatoms. The Kier molecular flexibility index (Phi) is 4.54. The molecule has 0 amide bonds. The lowest BCUT2D eigenvalue weighted by Gasteiger charge is -2.32. The third-order valence-electron chi connectivity index (χ3n) is 3.16. The maximum Gasteiger partial charge on any atom is 0.0489 e. The van der Waals surface area contributed by atoms with Crippen molar-refractivity contribution in [2.24, 2.45) is 5.92 Å². The van der Waals surface area contributed by atoms with Crippen LogP contribution in [0.4, 0.5) is 0 Å². The van der Waals surface area contributed by atoms with Crippen LogP contribution in [0.5, 0.6) is 0 Å². The van der Waals surface area contributed by atoms with Crippen LogP contribution in [0.3, 0.4) is 0 Å². The first-order valence-electron chi connectivity index (χ1n) is 5.51. The number of nitrogens with one attached hydrogen (secondary N) is 1. The van der Waals surface area contributed by atoms with Gasteiger partial charge in [-0.2, -0.15) is 0 Å². The number of hydrogen-bond donors (Lipinski definition) is 1. The van der Waals surface area contributed by atoms with Crippen LogP contribution in [0, 0.1) is 5.92 Å². The standard InChI is InChI=1S/C11H22ClN/c1-8(2)9(3)13-11-7-5-4-6-10(11)12/h8-11,13H,4-7H2,1-3H3. The Bertz CT molecular complexity index is 147. The summed E-state index contributed by atoms with van der Waals surface area (Å²) in [7, 11) is 0. The largest absolute Gasteiger partial charge is 0.310 e. The Morgan fingerprint density at radius 2 is 1.77 bits per heavy atom. The fourth-order valence-corrected chi connectivity index (χ4v) is 2.16. The molecule has 1 N–H and O–H groups in total. The summed E-state index contributed by atoms with van der Waals surface area (Å²) in [6.07, 6.45) is 5.09. The Morgan fingerprint density at radius 3 is 2.31 bits per heavy atom. The molecule has 78 valence electrons. The van der Waals surface area contributed by atoms with Crippen LogP contribution < -0.4 is 5.32 Å². The van der Waals surface area contributed by atoms with Crippen molar-refractivity contribution >= 4 is 11.6 Å². The van der Waals surface area contributed by atoms with E-state index in [1.54, 1.807) is 0 Å². The summed E-state index contributed by atoms with van der Waals surface area (Å²) in [5, 5.41) is 3.99. The third kappa shape index (κ3) is 3.47. The lowest BCUT2D eigenvalue weighted by Crippen LogP contribution is -2.45. The van der Waals surface area contributed by atoms with Crippen molar-refractivity contribution in [1.29, 1.82) is 0 Å². The van der Waals surface area contributed by atoms with Gasteiger partial charge in [-0.1, -0.05) is 26.7 Å². The predicted molar refractivity (Wildman–Crippen MR) is 59.3 cm³/mol. The molecule has 1 fully saturated rings. The Hall–Kier alpha value is 0.250. The molecular weight excluding hydrogens is 182 g/mol.